The van der Waals surface area contributed by atoms with E-state index in [9.17, 15) is 4.79 Å². The van der Waals surface area contributed by atoms with Gasteiger partial charge in [-0.25, -0.2) is 5.43 Å². The van der Waals surface area contributed by atoms with Crippen LogP contribution in [0.2, 0.25) is 0 Å². The maximum atomic E-state index is 10.8. The van der Waals surface area contributed by atoms with Gasteiger partial charge in [-0.1, -0.05) is 74.0 Å². The number of carbonyl (C=O) groups is 1. The van der Waals surface area contributed by atoms with Crippen molar-refractivity contribution in [3.05, 3.63) is 23.4 Å². The third kappa shape index (κ3) is 15.2. The summed E-state index contributed by atoms with van der Waals surface area (Å²) in [5, 5.41) is 0. The van der Waals surface area contributed by atoms with Gasteiger partial charge in [0, 0.05) is 38.9 Å². The number of allylic oxidation sites excluding steroid dienone is 3. The van der Waals surface area contributed by atoms with Gasteiger partial charge >= 0.3 is 0 Å². The van der Waals surface area contributed by atoms with Crippen LogP contribution in [0.3, 0.4) is 0 Å². The highest BCUT2D eigenvalue weighted by Crippen LogP contribution is 2.36. The van der Waals surface area contributed by atoms with E-state index in [-0.39, 0.29) is 11.5 Å². The Morgan fingerprint density at radius 3 is 1.90 bits per heavy atom. The zero-order chi connectivity index (χ0) is 24.7. The lowest BCUT2D eigenvalue weighted by atomic mass is 9.88. The zero-order valence-corrected chi connectivity index (χ0v) is 22.8. The fourth-order valence-electron chi connectivity index (χ4n) is 3.40. The van der Waals surface area contributed by atoms with Crippen LogP contribution in [0.4, 0.5) is 0 Å². The van der Waals surface area contributed by atoms with E-state index < -0.39 is 0 Å². The molecule has 0 bridgehead atoms. The highest BCUT2D eigenvalue weighted by molar-refractivity contribution is 5.72. The average Bonchev–Trinajstić information content (AvgIpc) is 3.28. The topological polar surface area (TPSA) is 53.6 Å². The zero-order valence-electron chi connectivity index (χ0n) is 22.8. The first-order valence-corrected chi connectivity index (χ1v) is 12.8. The van der Waals surface area contributed by atoms with Crippen LogP contribution in [0.1, 0.15) is 108 Å². The van der Waals surface area contributed by atoms with Crippen molar-refractivity contribution >= 4 is 5.91 Å². The molecule has 1 spiro atoms. The van der Waals surface area contributed by atoms with E-state index in [2.05, 4.69) is 41.8 Å². The number of carbonyl (C=O) groups excluding carboxylic acids is 1. The number of piperidine rings is 1. The van der Waals surface area contributed by atoms with Crippen molar-refractivity contribution in [1.29, 1.82) is 0 Å². The van der Waals surface area contributed by atoms with Gasteiger partial charge < -0.3 is 9.64 Å². The van der Waals surface area contributed by atoms with Crippen LogP contribution >= 0.6 is 0 Å². The van der Waals surface area contributed by atoms with Gasteiger partial charge in [-0.15, -0.1) is 0 Å². The second-order valence-corrected chi connectivity index (χ2v) is 6.68. The number of ether oxygens (including phenoxy) is 1. The molecule has 5 nitrogen and oxygen atoms in total. The second kappa shape index (κ2) is 23.3. The molecule has 0 aromatic carbocycles. The summed E-state index contributed by atoms with van der Waals surface area (Å²) in [5.41, 5.74) is 8.27. The van der Waals surface area contributed by atoms with Gasteiger partial charge in [0.2, 0.25) is 5.91 Å². The van der Waals surface area contributed by atoms with Crippen molar-refractivity contribution in [3.8, 4) is 0 Å². The minimum atomic E-state index is -0.0704. The molecule has 0 radical (unpaired) electrons. The molecule has 2 heterocycles. The van der Waals surface area contributed by atoms with Crippen molar-refractivity contribution in [1.82, 2.24) is 15.8 Å². The molecular formula is C26H55N3O2. The third-order valence-electron chi connectivity index (χ3n) is 4.82. The lowest BCUT2D eigenvalue weighted by Crippen LogP contribution is -2.43. The van der Waals surface area contributed by atoms with E-state index in [1.807, 2.05) is 55.4 Å². The Kier molecular flexibility index (Phi) is 25.8. The lowest BCUT2D eigenvalue weighted by Gasteiger charge is -2.40. The van der Waals surface area contributed by atoms with Crippen LogP contribution < -0.4 is 10.9 Å². The Hall–Kier alpha value is -1.33. The number of hydrazine groups is 1. The Bertz CT molecular complexity index is 457. The summed E-state index contributed by atoms with van der Waals surface area (Å²) < 4.78 is 6.00. The van der Waals surface area contributed by atoms with Gasteiger partial charge in [-0.05, 0) is 45.1 Å². The van der Waals surface area contributed by atoms with E-state index >= 15 is 0 Å². The predicted molar refractivity (Wildman–Crippen MR) is 138 cm³/mol. The SMILES string of the molecule is CC.CC.CC.CC.CC/C(=C\C=C(/C)CNNC(C)=O)N1CCC2(CCCO2)CC1. The van der Waals surface area contributed by atoms with Crippen molar-refractivity contribution < 1.29 is 9.53 Å². The normalized spacial score (nSPS) is 16.9. The van der Waals surface area contributed by atoms with Crippen LogP contribution in [0.15, 0.2) is 23.4 Å². The molecule has 0 aromatic heterocycles. The number of nitrogens with one attached hydrogen (secondary N) is 2. The second-order valence-electron chi connectivity index (χ2n) is 6.68. The van der Waals surface area contributed by atoms with E-state index in [0.717, 1.165) is 39.0 Å². The van der Waals surface area contributed by atoms with Crippen LogP contribution in [0.5, 0.6) is 0 Å². The molecule has 5 heteroatoms. The molecule has 2 N–H and O–H groups in total. The van der Waals surface area contributed by atoms with Gasteiger partial charge in [0.15, 0.2) is 0 Å². The van der Waals surface area contributed by atoms with Gasteiger partial charge in [-0.2, -0.15) is 0 Å². The van der Waals surface area contributed by atoms with Gasteiger partial charge in [0.25, 0.3) is 0 Å². The summed E-state index contributed by atoms with van der Waals surface area (Å²) in [5.74, 6) is -0.0704. The molecule has 1 amide bonds. The number of hydrogen-bond acceptors (Lipinski definition) is 4. The van der Waals surface area contributed by atoms with Crippen molar-refractivity contribution in [3.63, 3.8) is 0 Å². The molecule has 2 fully saturated rings. The van der Waals surface area contributed by atoms with Gasteiger partial charge in [0.05, 0.1) is 5.60 Å². The van der Waals surface area contributed by atoms with Crippen molar-refractivity contribution in [2.45, 2.75) is 114 Å². The Balaban J connectivity index is -0.000000879. The van der Waals surface area contributed by atoms with Gasteiger partial charge in [-0.3, -0.25) is 10.2 Å². The summed E-state index contributed by atoms with van der Waals surface area (Å²) in [6.45, 7) is 25.6. The molecule has 0 saturated carbocycles. The van der Waals surface area contributed by atoms with E-state index in [0.29, 0.717) is 6.54 Å². The Morgan fingerprint density at radius 1 is 0.935 bits per heavy atom. The molecule has 0 unspecified atom stereocenters. The number of amides is 1. The van der Waals surface area contributed by atoms with Crippen LogP contribution in [-0.2, 0) is 9.53 Å². The fraction of sp³-hybridized carbons (Fsp3) is 0.808. The molecule has 0 aliphatic carbocycles. The summed E-state index contributed by atoms with van der Waals surface area (Å²) in [6, 6.07) is 0. The van der Waals surface area contributed by atoms with E-state index in [1.165, 1.54) is 31.0 Å². The van der Waals surface area contributed by atoms with E-state index in [1.54, 1.807) is 0 Å². The highest BCUT2D eigenvalue weighted by Gasteiger charge is 2.38. The molecular weight excluding hydrogens is 386 g/mol. The van der Waals surface area contributed by atoms with Gasteiger partial charge in [0.1, 0.15) is 0 Å². The lowest BCUT2D eigenvalue weighted by molar-refractivity contribution is -0.119. The predicted octanol–water partition coefficient (Wildman–Crippen LogP) is 6.62. The van der Waals surface area contributed by atoms with Crippen molar-refractivity contribution in [2.75, 3.05) is 26.2 Å². The van der Waals surface area contributed by atoms with E-state index in [4.69, 9.17) is 4.74 Å². The molecule has 0 atom stereocenters. The number of hydrogen-bond donors (Lipinski definition) is 2. The monoisotopic (exact) mass is 441 g/mol. The minimum Gasteiger partial charge on any atom is -0.375 e. The summed E-state index contributed by atoms with van der Waals surface area (Å²) in [6.07, 6.45) is 10.2. The molecule has 2 saturated heterocycles. The highest BCUT2D eigenvalue weighted by atomic mass is 16.5. The number of nitrogens with zero attached hydrogens (tertiary/aromatic N) is 1. The largest absolute Gasteiger partial charge is 0.375 e. The summed E-state index contributed by atoms with van der Waals surface area (Å²) >= 11 is 0. The van der Waals surface area contributed by atoms with Crippen LogP contribution in [-0.4, -0.2) is 42.6 Å². The van der Waals surface area contributed by atoms with Crippen LogP contribution in [0, 0.1) is 0 Å². The minimum absolute atomic E-state index is 0.0704. The third-order valence-corrected chi connectivity index (χ3v) is 4.82. The summed E-state index contributed by atoms with van der Waals surface area (Å²) in [7, 11) is 0. The first-order chi connectivity index (χ1) is 15.0. The number of likely N-dealkylation sites (tertiary alicyclic amines) is 1. The quantitative estimate of drug-likeness (QED) is 0.359. The fourth-order valence-corrected chi connectivity index (χ4v) is 3.40. The standard InChI is InChI=1S/C18H31N3O2.4C2H6/c1-4-17(7-6-15(2)14-19-20-16(3)22)21-11-9-18(10-12-21)8-5-13-23-18;4*1-2/h6-7,19H,4-5,8-14H2,1-3H3,(H,20,22);4*1-2H3/b15-6+,17-7+;;;;. The molecule has 2 aliphatic rings. The van der Waals surface area contributed by atoms with Crippen LogP contribution in [0.25, 0.3) is 0 Å². The molecule has 2 aliphatic heterocycles. The maximum absolute atomic E-state index is 10.8. The smallest absolute Gasteiger partial charge is 0.230 e. The first-order valence-electron chi connectivity index (χ1n) is 12.8. The number of rotatable bonds is 6. The molecule has 31 heavy (non-hydrogen) atoms. The molecule has 186 valence electrons. The maximum Gasteiger partial charge on any atom is 0.230 e. The average molecular weight is 442 g/mol. The molecule has 0 aromatic rings. The Labute approximate surface area is 195 Å². The summed E-state index contributed by atoms with van der Waals surface area (Å²) in [4.78, 5) is 13.3. The Morgan fingerprint density at radius 2 is 1.48 bits per heavy atom. The first kappa shape index (κ1) is 34.3. The molecule has 2 rings (SSSR count). The van der Waals surface area contributed by atoms with Crippen molar-refractivity contribution in [2.24, 2.45) is 0 Å².